The van der Waals surface area contributed by atoms with Crippen LogP contribution in [0.5, 0.6) is 0 Å². The number of nitrogens with one attached hydrogen (secondary N) is 3. The molecule has 7 heteroatoms. The van der Waals surface area contributed by atoms with E-state index in [4.69, 9.17) is 27.4 Å². The Bertz CT molecular complexity index is 314. The zero-order valence-electron chi connectivity index (χ0n) is 7.03. The van der Waals surface area contributed by atoms with Crippen molar-refractivity contribution in [3.8, 4) is 0 Å². The normalized spacial score (nSPS) is 10.0. The van der Waals surface area contributed by atoms with Gasteiger partial charge < -0.3 is 5.32 Å². The number of guanidine groups is 1. The molecule has 0 aliphatic rings. The predicted molar refractivity (Wildman–Crippen MR) is 51.3 cm³/mol. The highest BCUT2D eigenvalue weighted by atomic mass is 35.5. The molecule has 0 spiro atoms. The molecule has 1 aromatic carbocycles. The molecular formula is C7H9ClN4O2. The fourth-order valence-corrected chi connectivity index (χ4v) is 0.931. The minimum absolute atomic E-state index is 0.280. The maximum atomic E-state index is 8.32. The largest absolute Gasteiger partial charge is 0.325 e. The van der Waals surface area contributed by atoms with Crippen molar-refractivity contribution in [2.45, 2.75) is 0 Å². The Balaban J connectivity index is 2.52. The van der Waals surface area contributed by atoms with Crippen molar-refractivity contribution in [3.05, 3.63) is 29.3 Å². The Morgan fingerprint density at radius 2 is 1.86 bits per heavy atom. The summed E-state index contributed by atoms with van der Waals surface area (Å²) in [4.78, 5) is 0. The minimum atomic E-state index is -0.314. The molecule has 0 saturated heterocycles. The van der Waals surface area contributed by atoms with Gasteiger partial charge in [0.25, 0.3) is 0 Å². The maximum absolute atomic E-state index is 8.32. The quantitative estimate of drug-likeness (QED) is 0.292. The van der Waals surface area contributed by atoms with E-state index in [0.717, 1.165) is 0 Å². The number of hydrazine groups is 1. The van der Waals surface area contributed by atoms with Gasteiger partial charge in [0, 0.05) is 16.0 Å². The number of halogens is 1. The van der Waals surface area contributed by atoms with Crippen LogP contribution in [0.4, 0.5) is 5.69 Å². The van der Waals surface area contributed by atoms with Crippen molar-refractivity contribution in [2.24, 2.45) is 0 Å². The fourth-order valence-electron chi connectivity index (χ4n) is 0.806. The van der Waals surface area contributed by atoms with Gasteiger partial charge >= 0.3 is 0 Å². The van der Waals surface area contributed by atoms with E-state index >= 15 is 0 Å². The molecule has 0 aromatic heterocycles. The molecule has 0 amide bonds. The molecule has 14 heavy (non-hydrogen) atoms. The van der Waals surface area contributed by atoms with E-state index in [2.05, 4.69) is 5.32 Å². The predicted octanol–water partition coefficient (Wildman–Crippen LogP) is 1.27. The van der Waals surface area contributed by atoms with Crippen LogP contribution in [0.15, 0.2) is 24.3 Å². The number of benzene rings is 1. The highest BCUT2D eigenvalue weighted by Gasteiger charge is 1.99. The first kappa shape index (κ1) is 10.7. The van der Waals surface area contributed by atoms with Gasteiger partial charge in [0.05, 0.1) is 0 Å². The van der Waals surface area contributed by atoms with Crippen LogP contribution in [0.2, 0.25) is 5.02 Å². The third-order valence-electron chi connectivity index (χ3n) is 1.33. The van der Waals surface area contributed by atoms with E-state index < -0.39 is 0 Å². The van der Waals surface area contributed by atoms with Crippen LogP contribution in [0.3, 0.4) is 0 Å². The van der Waals surface area contributed by atoms with Gasteiger partial charge in [-0.2, -0.15) is 0 Å². The van der Waals surface area contributed by atoms with Gasteiger partial charge in [-0.15, -0.1) is 0 Å². The van der Waals surface area contributed by atoms with Crippen molar-refractivity contribution in [1.82, 2.24) is 10.8 Å². The summed E-state index contributed by atoms with van der Waals surface area (Å²) in [7, 11) is 0. The first-order valence-electron chi connectivity index (χ1n) is 3.63. The van der Waals surface area contributed by atoms with E-state index in [0.29, 0.717) is 10.7 Å². The minimum Gasteiger partial charge on any atom is -0.325 e. The lowest BCUT2D eigenvalue weighted by Crippen LogP contribution is -2.40. The lowest BCUT2D eigenvalue weighted by Gasteiger charge is -2.11. The Morgan fingerprint density at radius 1 is 1.29 bits per heavy atom. The van der Waals surface area contributed by atoms with Gasteiger partial charge in [0.1, 0.15) is 0 Å². The smallest absolute Gasteiger partial charge is 0.211 e. The summed E-state index contributed by atoms with van der Waals surface area (Å²) in [5.74, 6) is -0.280. The number of rotatable bonds is 2. The SMILES string of the molecule is N=C(Nc1ccc(Cl)cc1)NN(O)O. The average molecular weight is 217 g/mol. The summed E-state index contributed by atoms with van der Waals surface area (Å²) >= 11 is 5.65. The number of nitrogens with zero attached hydrogens (tertiary/aromatic N) is 1. The van der Waals surface area contributed by atoms with Crippen LogP contribution in [-0.4, -0.2) is 21.7 Å². The summed E-state index contributed by atoms with van der Waals surface area (Å²) in [5, 5.41) is 26.7. The molecule has 6 nitrogen and oxygen atoms in total. The molecule has 0 saturated carbocycles. The van der Waals surface area contributed by atoms with Gasteiger partial charge in [-0.05, 0) is 24.3 Å². The zero-order valence-corrected chi connectivity index (χ0v) is 7.78. The molecule has 76 valence electrons. The zero-order chi connectivity index (χ0) is 10.6. The third-order valence-corrected chi connectivity index (χ3v) is 1.58. The van der Waals surface area contributed by atoms with E-state index in [-0.39, 0.29) is 11.3 Å². The second kappa shape index (κ2) is 4.77. The summed E-state index contributed by atoms with van der Waals surface area (Å²) in [6, 6.07) is 6.59. The van der Waals surface area contributed by atoms with E-state index in [1.54, 1.807) is 24.3 Å². The number of hydrogen-bond donors (Lipinski definition) is 5. The van der Waals surface area contributed by atoms with Crippen LogP contribution < -0.4 is 10.7 Å². The third kappa shape index (κ3) is 3.58. The maximum Gasteiger partial charge on any atom is 0.211 e. The Kier molecular flexibility index (Phi) is 3.66. The average Bonchev–Trinajstić information content (AvgIpc) is 2.07. The number of hydrogen-bond acceptors (Lipinski definition) is 4. The molecule has 0 radical (unpaired) electrons. The van der Waals surface area contributed by atoms with Crippen molar-refractivity contribution >= 4 is 23.2 Å². The Hall–Kier alpha value is -1.34. The van der Waals surface area contributed by atoms with Crippen LogP contribution >= 0.6 is 11.6 Å². The lowest BCUT2D eigenvalue weighted by atomic mass is 10.3. The molecule has 1 aromatic rings. The summed E-state index contributed by atoms with van der Waals surface area (Å²) in [5.41, 5.74) is 2.49. The molecule has 0 fully saturated rings. The van der Waals surface area contributed by atoms with Crippen molar-refractivity contribution < 1.29 is 10.4 Å². The molecular weight excluding hydrogens is 208 g/mol. The van der Waals surface area contributed by atoms with Gasteiger partial charge in [-0.25, -0.2) is 5.43 Å². The van der Waals surface area contributed by atoms with Crippen LogP contribution in [0.1, 0.15) is 0 Å². The second-order valence-corrected chi connectivity index (χ2v) is 2.84. The van der Waals surface area contributed by atoms with Gasteiger partial charge in [0.2, 0.25) is 5.96 Å². The molecule has 0 aliphatic carbocycles. The van der Waals surface area contributed by atoms with Crippen molar-refractivity contribution in [2.75, 3.05) is 5.32 Å². The van der Waals surface area contributed by atoms with E-state index in [1.165, 1.54) is 0 Å². The van der Waals surface area contributed by atoms with Crippen molar-refractivity contribution in [3.63, 3.8) is 0 Å². The Morgan fingerprint density at radius 3 is 2.36 bits per heavy atom. The molecule has 0 unspecified atom stereocenters. The first-order chi connectivity index (χ1) is 6.58. The summed E-state index contributed by atoms with van der Waals surface area (Å²) < 4.78 is 0. The lowest BCUT2D eigenvalue weighted by molar-refractivity contribution is -0.329. The molecule has 0 aliphatic heterocycles. The Labute approximate surface area is 85.1 Å². The van der Waals surface area contributed by atoms with Gasteiger partial charge in [0.15, 0.2) is 0 Å². The number of anilines is 1. The van der Waals surface area contributed by atoms with Gasteiger partial charge in [-0.1, -0.05) is 11.6 Å². The standard InChI is InChI=1S/C7H9ClN4O2/c8-5-1-3-6(4-2-5)10-7(9)11-12(13)14/h1-4,13-14H,(H3,9,10,11). The highest BCUT2D eigenvalue weighted by Crippen LogP contribution is 2.12. The summed E-state index contributed by atoms with van der Waals surface area (Å²) in [6.45, 7) is 0. The monoisotopic (exact) mass is 216 g/mol. The van der Waals surface area contributed by atoms with E-state index in [9.17, 15) is 0 Å². The first-order valence-corrected chi connectivity index (χ1v) is 4.01. The molecule has 5 N–H and O–H groups in total. The molecule has 0 atom stereocenters. The van der Waals surface area contributed by atoms with E-state index in [1.807, 2.05) is 5.43 Å². The molecule has 1 rings (SSSR count). The highest BCUT2D eigenvalue weighted by molar-refractivity contribution is 6.30. The fraction of sp³-hybridized carbons (Fsp3) is 0. The van der Waals surface area contributed by atoms with Crippen LogP contribution in [0.25, 0.3) is 0 Å². The topological polar surface area (TPSA) is 91.6 Å². The van der Waals surface area contributed by atoms with Crippen LogP contribution in [-0.2, 0) is 0 Å². The van der Waals surface area contributed by atoms with Gasteiger partial charge in [-0.3, -0.25) is 15.8 Å². The summed E-state index contributed by atoms with van der Waals surface area (Å²) in [6.07, 6.45) is 0. The molecule has 0 heterocycles. The molecule has 0 bridgehead atoms. The van der Waals surface area contributed by atoms with Crippen molar-refractivity contribution in [1.29, 1.82) is 5.41 Å². The van der Waals surface area contributed by atoms with Crippen LogP contribution in [0, 0.1) is 5.41 Å². The second-order valence-electron chi connectivity index (χ2n) is 2.41.